The normalized spacial score (nSPS) is 29.7. The molecule has 4 bridgehead atoms. The van der Waals surface area contributed by atoms with E-state index in [-0.39, 0.29) is 22.1 Å². The smallest absolute Gasteiger partial charge is 0.264 e. The number of aromatic nitrogens is 1. The number of amides is 1. The molecule has 1 heterocycles. The maximum Gasteiger partial charge on any atom is 0.264 e. The van der Waals surface area contributed by atoms with E-state index in [4.69, 9.17) is 4.52 Å². The first-order valence-electron chi connectivity index (χ1n) is 10.6. The van der Waals surface area contributed by atoms with Gasteiger partial charge in [-0.25, -0.2) is 13.1 Å². The summed E-state index contributed by atoms with van der Waals surface area (Å²) in [7, 11) is -3.80. The molecule has 6 rings (SSSR count). The Kier molecular flexibility index (Phi) is 4.47. The van der Waals surface area contributed by atoms with Crippen molar-refractivity contribution in [3.8, 4) is 0 Å². The van der Waals surface area contributed by atoms with Gasteiger partial charge in [-0.2, -0.15) is 0 Å². The second-order valence-electron chi connectivity index (χ2n) is 9.50. The molecule has 0 aliphatic heterocycles. The average molecular weight is 430 g/mol. The van der Waals surface area contributed by atoms with E-state index < -0.39 is 10.0 Å². The van der Waals surface area contributed by atoms with Crippen molar-refractivity contribution in [1.82, 2.24) is 5.16 Å². The number of rotatable bonds is 5. The van der Waals surface area contributed by atoms with Crippen LogP contribution in [0.4, 0.5) is 11.6 Å². The first kappa shape index (κ1) is 19.6. The molecule has 0 saturated heterocycles. The third kappa shape index (κ3) is 3.31. The van der Waals surface area contributed by atoms with Gasteiger partial charge in [0.2, 0.25) is 11.8 Å². The van der Waals surface area contributed by atoms with Gasteiger partial charge in [-0.15, -0.1) is 0 Å². The van der Waals surface area contributed by atoms with Gasteiger partial charge in [-0.3, -0.25) is 4.79 Å². The molecule has 0 unspecified atom stereocenters. The van der Waals surface area contributed by atoms with Crippen LogP contribution in [0.15, 0.2) is 33.7 Å². The maximum atomic E-state index is 13.2. The number of carbonyl (C=O) groups excluding carboxylic acids is 1. The summed E-state index contributed by atoms with van der Waals surface area (Å²) < 4.78 is 32.8. The van der Waals surface area contributed by atoms with Gasteiger partial charge in [-0.1, -0.05) is 5.16 Å². The molecule has 0 radical (unpaired) electrons. The predicted molar refractivity (Wildman–Crippen MR) is 112 cm³/mol. The summed E-state index contributed by atoms with van der Waals surface area (Å²) >= 11 is 0. The van der Waals surface area contributed by atoms with Gasteiger partial charge >= 0.3 is 0 Å². The fourth-order valence-corrected chi connectivity index (χ4v) is 7.11. The van der Waals surface area contributed by atoms with E-state index in [0.717, 1.165) is 19.3 Å². The van der Waals surface area contributed by atoms with E-state index in [1.165, 1.54) is 31.4 Å². The molecule has 7 nitrogen and oxygen atoms in total. The van der Waals surface area contributed by atoms with Crippen molar-refractivity contribution in [3.63, 3.8) is 0 Å². The SMILES string of the molecule is Cc1noc(NS(=O)(=O)c2ccc(NC(=O)C34CC5CC(CC(C5)C3)C4)cc2)c1C. The third-order valence-electron chi connectivity index (χ3n) is 7.33. The highest BCUT2D eigenvalue weighted by Gasteiger charge is 2.54. The van der Waals surface area contributed by atoms with Crippen molar-refractivity contribution >= 4 is 27.5 Å². The molecule has 2 N–H and O–H groups in total. The van der Waals surface area contributed by atoms with Gasteiger partial charge in [0.1, 0.15) is 0 Å². The predicted octanol–water partition coefficient (Wildman–Crippen LogP) is 4.25. The summed E-state index contributed by atoms with van der Waals surface area (Å²) in [6.07, 6.45) is 6.86. The number of aryl methyl sites for hydroxylation is 1. The average Bonchev–Trinajstić information content (AvgIpc) is 2.99. The molecular weight excluding hydrogens is 402 g/mol. The summed E-state index contributed by atoms with van der Waals surface area (Å²) in [5.41, 5.74) is 1.68. The van der Waals surface area contributed by atoms with E-state index in [0.29, 0.717) is 34.7 Å². The Labute approximate surface area is 176 Å². The number of nitrogens with zero attached hydrogens (tertiary/aromatic N) is 1. The molecule has 1 aromatic heterocycles. The van der Waals surface area contributed by atoms with Crippen LogP contribution < -0.4 is 10.0 Å². The summed E-state index contributed by atoms with van der Waals surface area (Å²) in [5, 5.41) is 6.83. The van der Waals surface area contributed by atoms with Crippen molar-refractivity contribution in [2.45, 2.75) is 57.3 Å². The summed E-state index contributed by atoms with van der Waals surface area (Å²) in [5.74, 6) is 2.31. The van der Waals surface area contributed by atoms with E-state index >= 15 is 0 Å². The Morgan fingerprint density at radius 2 is 1.60 bits per heavy atom. The van der Waals surface area contributed by atoms with E-state index in [1.54, 1.807) is 26.0 Å². The van der Waals surface area contributed by atoms with Crippen LogP contribution in [-0.2, 0) is 14.8 Å². The molecule has 160 valence electrons. The molecule has 1 amide bonds. The highest BCUT2D eigenvalue weighted by atomic mass is 32.2. The van der Waals surface area contributed by atoms with E-state index in [1.807, 2.05) is 0 Å². The molecule has 1 aromatic carbocycles. The largest absolute Gasteiger partial charge is 0.337 e. The van der Waals surface area contributed by atoms with Gasteiger partial charge in [0, 0.05) is 11.3 Å². The molecule has 4 fully saturated rings. The molecule has 2 aromatic rings. The minimum absolute atomic E-state index is 0.100. The van der Waals surface area contributed by atoms with Gasteiger partial charge in [0.25, 0.3) is 10.0 Å². The van der Waals surface area contributed by atoms with Crippen LogP contribution in [0, 0.1) is 37.0 Å². The lowest BCUT2D eigenvalue weighted by Gasteiger charge is -2.55. The number of carbonyl (C=O) groups is 1. The van der Waals surface area contributed by atoms with Crippen molar-refractivity contribution < 1.29 is 17.7 Å². The van der Waals surface area contributed by atoms with Gasteiger partial charge in [-0.05, 0) is 94.4 Å². The molecule has 0 spiro atoms. The second kappa shape index (κ2) is 6.83. The van der Waals surface area contributed by atoms with E-state index in [9.17, 15) is 13.2 Å². The number of hydrogen-bond donors (Lipinski definition) is 2. The van der Waals surface area contributed by atoms with Crippen LogP contribution in [0.1, 0.15) is 49.8 Å². The minimum atomic E-state index is -3.80. The van der Waals surface area contributed by atoms with Crippen LogP contribution in [-0.4, -0.2) is 19.5 Å². The fraction of sp³-hybridized carbons (Fsp3) is 0.545. The number of hydrogen-bond acceptors (Lipinski definition) is 5. The van der Waals surface area contributed by atoms with Crippen molar-refractivity contribution in [2.24, 2.45) is 23.2 Å². The topological polar surface area (TPSA) is 101 Å². The molecule has 4 aliphatic carbocycles. The third-order valence-corrected chi connectivity index (χ3v) is 8.67. The quantitative estimate of drug-likeness (QED) is 0.740. The van der Waals surface area contributed by atoms with Crippen LogP contribution in [0.5, 0.6) is 0 Å². The Balaban J connectivity index is 1.29. The summed E-state index contributed by atoms with van der Waals surface area (Å²) in [6.45, 7) is 3.49. The Bertz CT molecular complexity index is 1050. The summed E-state index contributed by atoms with van der Waals surface area (Å²) in [6, 6.07) is 6.28. The fourth-order valence-electron chi connectivity index (χ4n) is 6.06. The Morgan fingerprint density at radius 1 is 1.03 bits per heavy atom. The molecule has 4 saturated carbocycles. The molecule has 8 heteroatoms. The van der Waals surface area contributed by atoms with Crippen molar-refractivity contribution in [1.29, 1.82) is 0 Å². The Morgan fingerprint density at radius 3 is 2.10 bits per heavy atom. The molecular formula is C22H27N3O4S. The lowest BCUT2D eigenvalue weighted by Crippen LogP contribution is -2.51. The zero-order chi connectivity index (χ0) is 21.1. The van der Waals surface area contributed by atoms with Gasteiger partial charge < -0.3 is 9.84 Å². The lowest BCUT2D eigenvalue weighted by molar-refractivity contribution is -0.140. The van der Waals surface area contributed by atoms with Gasteiger partial charge in [0.05, 0.1) is 16.0 Å². The first-order chi connectivity index (χ1) is 14.2. The van der Waals surface area contributed by atoms with E-state index in [2.05, 4.69) is 15.2 Å². The highest BCUT2D eigenvalue weighted by molar-refractivity contribution is 7.92. The van der Waals surface area contributed by atoms with Crippen LogP contribution in [0.25, 0.3) is 0 Å². The number of anilines is 2. The van der Waals surface area contributed by atoms with Crippen molar-refractivity contribution in [3.05, 3.63) is 35.5 Å². The highest BCUT2D eigenvalue weighted by Crippen LogP contribution is 2.60. The first-order valence-corrected chi connectivity index (χ1v) is 12.1. The maximum absolute atomic E-state index is 13.2. The van der Waals surface area contributed by atoms with Gasteiger partial charge in [0.15, 0.2) is 0 Å². The molecule has 0 atom stereocenters. The monoisotopic (exact) mass is 429 g/mol. The number of sulfonamides is 1. The second-order valence-corrected chi connectivity index (χ2v) is 11.2. The van der Waals surface area contributed by atoms with Crippen LogP contribution >= 0.6 is 0 Å². The zero-order valence-corrected chi connectivity index (χ0v) is 18.1. The standard InChI is InChI=1S/C22H27N3O4S/c1-13-14(2)24-29-20(13)25-30(27,28)19-5-3-18(4-6-19)23-21(26)22-10-15-7-16(11-22)9-17(8-15)12-22/h3-6,15-17,25H,7-12H2,1-2H3,(H,23,26). The summed E-state index contributed by atoms with van der Waals surface area (Å²) in [4.78, 5) is 13.3. The zero-order valence-electron chi connectivity index (χ0n) is 17.3. The van der Waals surface area contributed by atoms with Crippen LogP contribution in [0.3, 0.4) is 0 Å². The number of nitrogens with one attached hydrogen (secondary N) is 2. The van der Waals surface area contributed by atoms with Crippen LogP contribution in [0.2, 0.25) is 0 Å². The van der Waals surface area contributed by atoms with Crippen molar-refractivity contribution in [2.75, 3.05) is 10.0 Å². The Hall–Kier alpha value is -2.35. The molecule has 30 heavy (non-hydrogen) atoms. The lowest BCUT2D eigenvalue weighted by atomic mass is 9.49. The minimum Gasteiger partial charge on any atom is -0.337 e. The number of benzene rings is 1. The molecule has 4 aliphatic rings.